The summed E-state index contributed by atoms with van der Waals surface area (Å²) in [6.45, 7) is 15.1. The van der Waals surface area contributed by atoms with Crippen LogP contribution >= 0.6 is 0 Å². The van der Waals surface area contributed by atoms with E-state index in [0.717, 1.165) is 39.0 Å². The summed E-state index contributed by atoms with van der Waals surface area (Å²) in [6.07, 6.45) is 4.24. The van der Waals surface area contributed by atoms with Gasteiger partial charge in [-0.1, -0.05) is 34.6 Å². The van der Waals surface area contributed by atoms with E-state index in [9.17, 15) is 9.59 Å². The highest BCUT2D eigenvalue weighted by Gasteiger charge is 2.35. The Hall–Kier alpha value is -1.10. The molecule has 0 aromatic heterocycles. The third-order valence-electron chi connectivity index (χ3n) is 5.14. The summed E-state index contributed by atoms with van der Waals surface area (Å²) < 4.78 is 5.67. The molecule has 2 rings (SSSR count). The van der Waals surface area contributed by atoms with Gasteiger partial charge < -0.3 is 14.5 Å². The number of piperidine rings is 1. The van der Waals surface area contributed by atoms with Crippen molar-refractivity contribution in [2.45, 2.75) is 60.3 Å². The second kappa shape index (κ2) is 8.07. The van der Waals surface area contributed by atoms with Crippen molar-refractivity contribution >= 4 is 11.9 Å². The van der Waals surface area contributed by atoms with Crippen molar-refractivity contribution in [3.63, 3.8) is 0 Å². The molecule has 5 heteroatoms. The monoisotopic (exact) mass is 352 g/mol. The molecule has 2 fully saturated rings. The van der Waals surface area contributed by atoms with Crippen molar-refractivity contribution in [2.75, 3.05) is 39.3 Å². The molecule has 0 aromatic carbocycles. The Morgan fingerprint density at radius 3 is 2.24 bits per heavy atom. The van der Waals surface area contributed by atoms with Crippen molar-refractivity contribution in [3.05, 3.63) is 0 Å². The molecule has 0 N–H and O–H groups in total. The number of esters is 1. The van der Waals surface area contributed by atoms with E-state index in [1.165, 1.54) is 12.8 Å². The van der Waals surface area contributed by atoms with Gasteiger partial charge >= 0.3 is 5.97 Å². The van der Waals surface area contributed by atoms with Crippen molar-refractivity contribution in [1.82, 2.24) is 9.80 Å². The minimum Gasteiger partial charge on any atom is -0.465 e. The van der Waals surface area contributed by atoms with E-state index in [-0.39, 0.29) is 23.2 Å². The van der Waals surface area contributed by atoms with Gasteiger partial charge in [0.1, 0.15) is 0 Å². The Kier molecular flexibility index (Phi) is 6.52. The molecular formula is C20H36N2O3. The Morgan fingerprint density at radius 2 is 1.64 bits per heavy atom. The predicted molar refractivity (Wildman–Crippen MR) is 99.2 cm³/mol. The average Bonchev–Trinajstić information content (AvgIpc) is 3.03. The third-order valence-corrected chi connectivity index (χ3v) is 5.14. The maximum atomic E-state index is 12.5. The second-order valence-corrected chi connectivity index (χ2v) is 9.60. The van der Waals surface area contributed by atoms with Crippen LogP contribution < -0.4 is 0 Å². The van der Waals surface area contributed by atoms with Gasteiger partial charge in [0.15, 0.2) is 0 Å². The first-order valence-corrected chi connectivity index (χ1v) is 9.77. The molecule has 1 atom stereocenters. The molecule has 2 heterocycles. The second-order valence-electron chi connectivity index (χ2n) is 9.60. The maximum Gasteiger partial charge on any atom is 0.310 e. The summed E-state index contributed by atoms with van der Waals surface area (Å²) in [5, 5.41) is 0. The molecule has 0 radical (unpaired) electrons. The Balaban J connectivity index is 1.82. The van der Waals surface area contributed by atoms with Crippen LogP contribution in [0.4, 0.5) is 0 Å². The minimum atomic E-state index is -0.399. The predicted octanol–water partition coefficient (Wildman–Crippen LogP) is 2.94. The Morgan fingerprint density at radius 1 is 1.00 bits per heavy atom. The third kappa shape index (κ3) is 5.98. The zero-order valence-corrected chi connectivity index (χ0v) is 16.8. The van der Waals surface area contributed by atoms with Gasteiger partial charge in [0.25, 0.3) is 0 Å². The molecule has 1 amide bonds. The van der Waals surface area contributed by atoms with Crippen LogP contribution in [0.1, 0.15) is 60.3 Å². The van der Waals surface area contributed by atoms with Gasteiger partial charge in [0.05, 0.1) is 12.5 Å². The normalized spacial score (nSPS) is 22.9. The van der Waals surface area contributed by atoms with Gasteiger partial charge in [-0.05, 0) is 38.8 Å². The lowest BCUT2D eigenvalue weighted by atomic mass is 9.91. The molecule has 0 spiro atoms. The molecule has 0 aliphatic carbocycles. The zero-order valence-electron chi connectivity index (χ0n) is 16.8. The van der Waals surface area contributed by atoms with Crippen LogP contribution in [0.2, 0.25) is 0 Å². The number of rotatable bonds is 5. The van der Waals surface area contributed by atoms with Crippen LogP contribution in [-0.2, 0) is 14.3 Å². The van der Waals surface area contributed by atoms with Crippen LogP contribution in [0.15, 0.2) is 0 Å². The topological polar surface area (TPSA) is 49.9 Å². The van der Waals surface area contributed by atoms with Crippen LogP contribution in [0.3, 0.4) is 0 Å². The zero-order chi connectivity index (χ0) is 18.7. The largest absolute Gasteiger partial charge is 0.465 e. The van der Waals surface area contributed by atoms with Gasteiger partial charge in [-0.2, -0.15) is 0 Å². The highest BCUT2D eigenvalue weighted by molar-refractivity contribution is 5.82. The summed E-state index contributed by atoms with van der Waals surface area (Å²) in [5.41, 5.74) is -0.431. The fraction of sp³-hybridized carbons (Fsp3) is 0.900. The minimum absolute atomic E-state index is 0.0322. The molecule has 144 valence electrons. The van der Waals surface area contributed by atoms with E-state index >= 15 is 0 Å². The fourth-order valence-electron chi connectivity index (χ4n) is 3.80. The van der Waals surface area contributed by atoms with Crippen LogP contribution in [0, 0.1) is 16.7 Å². The van der Waals surface area contributed by atoms with Gasteiger partial charge in [-0.25, -0.2) is 0 Å². The van der Waals surface area contributed by atoms with Gasteiger partial charge in [0.2, 0.25) is 5.91 Å². The lowest BCUT2D eigenvalue weighted by molar-refractivity contribution is -0.156. The van der Waals surface area contributed by atoms with E-state index in [0.29, 0.717) is 13.2 Å². The molecule has 0 bridgehead atoms. The van der Waals surface area contributed by atoms with Crippen molar-refractivity contribution < 1.29 is 14.3 Å². The molecule has 5 nitrogen and oxygen atoms in total. The lowest BCUT2D eigenvalue weighted by Crippen LogP contribution is -2.47. The molecule has 25 heavy (non-hydrogen) atoms. The average molecular weight is 353 g/mol. The summed E-state index contributed by atoms with van der Waals surface area (Å²) in [7, 11) is 0. The molecule has 0 saturated carbocycles. The summed E-state index contributed by atoms with van der Waals surface area (Å²) in [5.74, 6) is -0.192. The summed E-state index contributed by atoms with van der Waals surface area (Å²) in [4.78, 5) is 29.3. The number of carbonyl (C=O) groups is 2. The quantitative estimate of drug-likeness (QED) is 0.714. The van der Waals surface area contributed by atoms with E-state index in [1.54, 1.807) is 0 Å². The first kappa shape index (κ1) is 20.2. The molecule has 2 saturated heterocycles. The highest BCUT2D eigenvalue weighted by Crippen LogP contribution is 2.26. The molecule has 0 aromatic rings. The SMILES string of the molecule is CC(C)(COC(=O)C1CCCN(C(=O)C(C)(C)C)C1)CN1CCCC1. The summed E-state index contributed by atoms with van der Waals surface area (Å²) in [6, 6.07) is 0. The first-order chi connectivity index (χ1) is 11.6. The van der Waals surface area contributed by atoms with Crippen LogP contribution in [0.5, 0.6) is 0 Å². The number of carbonyl (C=O) groups excluding carboxylic acids is 2. The number of likely N-dealkylation sites (tertiary alicyclic amines) is 2. The molecule has 1 unspecified atom stereocenters. The maximum absolute atomic E-state index is 12.5. The van der Waals surface area contributed by atoms with E-state index < -0.39 is 5.41 Å². The van der Waals surface area contributed by atoms with E-state index in [2.05, 4.69) is 18.7 Å². The number of hydrogen-bond donors (Lipinski definition) is 0. The molecular weight excluding hydrogens is 316 g/mol. The number of amides is 1. The molecule has 2 aliphatic rings. The fourth-order valence-corrected chi connectivity index (χ4v) is 3.80. The first-order valence-electron chi connectivity index (χ1n) is 9.77. The smallest absolute Gasteiger partial charge is 0.310 e. The van der Waals surface area contributed by atoms with Crippen molar-refractivity contribution in [2.24, 2.45) is 16.7 Å². The lowest BCUT2D eigenvalue weighted by Gasteiger charge is -2.36. The van der Waals surface area contributed by atoms with Gasteiger partial charge in [0, 0.05) is 30.5 Å². The Bertz CT molecular complexity index is 476. The van der Waals surface area contributed by atoms with Crippen LogP contribution in [-0.4, -0.2) is 61.0 Å². The van der Waals surface area contributed by atoms with Crippen molar-refractivity contribution in [3.8, 4) is 0 Å². The standard InChI is InChI=1S/C20H36N2O3/c1-19(2,3)18(24)22-12-8-9-16(13-22)17(23)25-15-20(4,5)14-21-10-6-7-11-21/h16H,6-15H2,1-5H3. The molecule has 2 aliphatic heterocycles. The van der Waals surface area contributed by atoms with E-state index in [4.69, 9.17) is 4.74 Å². The number of ether oxygens (including phenoxy) is 1. The Labute approximate surface area is 153 Å². The highest BCUT2D eigenvalue weighted by atomic mass is 16.5. The number of hydrogen-bond acceptors (Lipinski definition) is 4. The van der Waals surface area contributed by atoms with Gasteiger partial charge in [-0.3, -0.25) is 9.59 Å². The van der Waals surface area contributed by atoms with E-state index in [1.807, 2.05) is 25.7 Å². The van der Waals surface area contributed by atoms with Gasteiger partial charge in [-0.15, -0.1) is 0 Å². The van der Waals surface area contributed by atoms with Crippen molar-refractivity contribution in [1.29, 1.82) is 0 Å². The summed E-state index contributed by atoms with van der Waals surface area (Å²) >= 11 is 0. The number of nitrogens with zero attached hydrogens (tertiary/aromatic N) is 2. The van der Waals surface area contributed by atoms with Crippen LogP contribution in [0.25, 0.3) is 0 Å².